The number of amides is 1. The first-order valence-corrected chi connectivity index (χ1v) is 12.8. The van der Waals surface area contributed by atoms with E-state index in [0.717, 1.165) is 37.8 Å². The smallest absolute Gasteiger partial charge is 0.229 e. The number of rotatable bonds is 5. The summed E-state index contributed by atoms with van der Waals surface area (Å²) in [4.78, 5) is 16.2. The molecule has 2 heteroatoms. The fourth-order valence-corrected chi connectivity index (χ4v) is 7.54. The Bertz CT molecular complexity index is 811. The van der Waals surface area contributed by atoms with E-state index >= 15 is 0 Å². The van der Waals surface area contributed by atoms with Crippen molar-refractivity contribution in [2.45, 2.75) is 86.1 Å². The molecule has 1 aromatic rings. The van der Waals surface area contributed by atoms with Gasteiger partial charge in [0.1, 0.15) is 0 Å². The molecule has 0 saturated heterocycles. The van der Waals surface area contributed by atoms with Gasteiger partial charge in [-0.2, -0.15) is 0 Å². The van der Waals surface area contributed by atoms with Crippen LogP contribution in [0.15, 0.2) is 42.0 Å². The van der Waals surface area contributed by atoms with Gasteiger partial charge in [-0.05, 0) is 80.1 Å². The Morgan fingerprint density at radius 2 is 1.87 bits per heavy atom. The second kappa shape index (κ2) is 8.75. The maximum absolute atomic E-state index is 14.1. The van der Waals surface area contributed by atoms with Gasteiger partial charge >= 0.3 is 0 Å². The van der Waals surface area contributed by atoms with E-state index in [1.165, 1.54) is 37.7 Å². The number of nitrogens with zero attached hydrogens (tertiary/aromatic N) is 1. The zero-order chi connectivity index (χ0) is 22.2. The highest BCUT2D eigenvalue weighted by molar-refractivity contribution is 5.83. The van der Waals surface area contributed by atoms with Crippen LogP contribution in [0.1, 0.15) is 85.1 Å². The maximum atomic E-state index is 14.1. The predicted octanol–water partition coefficient (Wildman–Crippen LogP) is 7.25. The summed E-state index contributed by atoms with van der Waals surface area (Å²) in [5, 5.41) is 0. The molecule has 0 bridgehead atoms. The summed E-state index contributed by atoms with van der Waals surface area (Å²) in [5.41, 5.74) is 3.00. The topological polar surface area (TPSA) is 20.3 Å². The first kappa shape index (κ1) is 22.6. The fraction of sp³-hybridized carbons (Fsp3) is 0.690. The molecule has 2 nitrogen and oxygen atoms in total. The molecule has 2 saturated carbocycles. The minimum atomic E-state index is -0.241. The molecule has 2 fully saturated rings. The Kier molecular flexibility index (Phi) is 6.39. The molecule has 2 unspecified atom stereocenters. The number of carbonyl (C=O) groups is 1. The van der Waals surface area contributed by atoms with E-state index in [0.29, 0.717) is 17.7 Å². The Morgan fingerprint density at radius 3 is 2.55 bits per heavy atom. The third kappa shape index (κ3) is 4.00. The van der Waals surface area contributed by atoms with Crippen molar-refractivity contribution < 1.29 is 4.79 Å². The molecule has 0 aliphatic heterocycles. The lowest BCUT2D eigenvalue weighted by Crippen LogP contribution is -2.56. The third-order valence-electron chi connectivity index (χ3n) is 9.48. The van der Waals surface area contributed by atoms with E-state index in [9.17, 15) is 4.79 Å². The summed E-state index contributed by atoms with van der Waals surface area (Å²) < 4.78 is 0. The van der Waals surface area contributed by atoms with Gasteiger partial charge in [0.25, 0.3) is 0 Å². The SMILES string of the molecule is CCN(Cc1ccccc1)C(=O)[C@@]1(C)CCC[C@@]2(C)C1CC=C1CC(C(C)C)CC[C@H]12. The number of hydrogen-bond acceptors (Lipinski definition) is 1. The fourth-order valence-electron chi connectivity index (χ4n) is 7.54. The average Bonchev–Trinajstić information content (AvgIpc) is 2.77. The Labute approximate surface area is 190 Å². The predicted molar refractivity (Wildman–Crippen MR) is 129 cm³/mol. The number of allylic oxidation sites excluding steroid dienone is 2. The molecule has 0 radical (unpaired) electrons. The minimum absolute atomic E-state index is 0.241. The monoisotopic (exact) mass is 421 g/mol. The van der Waals surface area contributed by atoms with Gasteiger partial charge in [0.2, 0.25) is 5.91 Å². The van der Waals surface area contributed by atoms with Crippen molar-refractivity contribution >= 4 is 5.91 Å². The van der Waals surface area contributed by atoms with Crippen LogP contribution in [0.4, 0.5) is 0 Å². The molecule has 5 atom stereocenters. The summed E-state index contributed by atoms with van der Waals surface area (Å²) in [7, 11) is 0. The number of hydrogen-bond donors (Lipinski definition) is 0. The molecule has 0 aromatic heterocycles. The van der Waals surface area contributed by atoms with Gasteiger partial charge in [-0.15, -0.1) is 0 Å². The molecule has 0 heterocycles. The van der Waals surface area contributed by atoms with Crippen LogP contribution >= 0.6 is 0 Å². The standard InChI is InChI=1S/C29H43NO/c1-6-30(20-22-11-8-7-9-12-22)27(31)29(5)18-10-17-28(4)25-15-13-23(21(2)3)19-24(25)14-16-26(28)29/h7-9,11-12,14,21,23,25-26H,6,10,13,15-20H2,1-5H3/t23?,25-,26?,28-,29+/m1/s1. The van der Waals surface area contributed by atoms with Crippen LogP contribution < -0.4 is 0 Å². The average molecular weight is 422 g/mol. The highest BCUT2D eigenvalue weighted by Gasteiger charge is 2.58. The molecular weight excluding hydrogens is 378 g/mol. The largest absolute Gasteiger partial charge is 0.338 e. The van der Waals surface area contributed by atoms with Crippen LogP contribution in [-0.4, -0.2) is 17.4 Å². The van der Waals surface area contributed by atoms with Crippen LogP contribution in [-0.2, 0) is 11.3 Å². The van der Waals surface area contributed by atoms with Crippen LogP contribution in [0.25, 0.3) is 0 Å². The van der Waals surface area contributed by atoms with Crippen molar-refractivity contribution in [2.24, 2.45) is 34.5 Å². The summed E-state index contributed by atoms with van der Waals surface area (Å²) in [5.74, 6) is 3.18. The molecule has 4 rings (SSSR count). The highest BCUT2D eigenvalue weighted by Crippen LogP contribution is 2.63. The van der Waals surface area contributed by atoms with Crippen LogP contribution in [0.5, 0.6) is 0 Å². The summed E-state index contributed by atoms with van der Waals surface area (Å²) in [6.45, 7) is 13.3. The lowest BCUT2D eigenvalue weighted by atomic mass is 9.46. The van der Waals surface area contributed by atoms with Crippen LogP contribution in [0.2, 0.25) is 0 Å². The van der Waals surface area contributed by atoms with E-state index in [2.05, 4.69) is 75.9 Å². The van der Waals surface area contributed by atoms with E-state index in [1.54, 1.807) is 5.57 Å². The summed E-state index contributed by atoms with van der Waals surface area (Å²) in [6.07, 6.45) is 11.2. The number of benzene rings is 1. The van der Waals surface area contributed by atoms with Crippen molar-refractivity contribution in [1.82, 2.24) is 4.90 Å². The number of fused-ring (bicyclic) bond motifs is 3. The Balaban J connectivity index is 1.60. The second-order valence-electron chi connectivity index (χ2n) is 11.5. The van der Waals surface area contributed by atoms with Crippen molar-refractivity contribution in [3.8, 4) is 0 Å². The lowest BCUT2D eigenvalue weighted by Gasteiger charge is -2.59. The van der Waals surface area contributed by atoms with Crippen molar-refractivity contribution in [1.29, 1.82) is 0 Å². The zero-order valence-corrected chi connectivity index (χ0v) is 20.5. The first-order chi connectivity index (χ1) is 14.8. The Hall–Kier alpha value is -1.57. The molecule has 3 aliphatic rings. The molecule has 1 amide bonds. The molecular formula is C29H43NO. The third-order valence-corrected chi connectivity index (χ3v) is 9.48. The zero-order valence-electron chi connectivity index (χ0n) is 20.5. The molecule has 31 heavy (non-hydrogen) atoms. The first-order valence-electron chi connectivity index (χ1n) is 12.8. The Morgan fingerprint density at radius 1 is 1.13 bits per heavy atom. The van der Waals surface area contributed by atoms with Gasteiger partial charge in [0.05, 0.1) is 5.41 Å². The molecule has 1 aromatic carbocycles. The summed E-state index contributed by atoms with van der Waals surface area (Å²) in [6, 6.07) is 10.5. The number of carbonyl (C=O) groups excluding carboxylic acids is 1. The molecule has 170 valence electrons. The van der Waals surface area contributed by atoms with Crippen LogP contribution in [0, 0.1) is 34.5 Å². The van der Waals surface area contributed by atoms with E-state index in [-0.39, 0.29) is 10.8 Å². The highest BCUT2D eigenvalue weighted by atomic mass is 16.2. The van der Waals surface area contributed by atoms with Crippen molar-refractivity contribution in [2.75, 3.05) is 6.54 Å². The van der Waals surface area contributed by atoms with E-state index in [1.807, 2.05) is 0 Å². The van der Waals surface area contributed by atoms with Gasteiger partial charge in [-0.1, -0.05) is 76.1 Å². The van der Waals surface area contributed by atoms with Crippen molar-refractivity contribution in [3.63, 3.8) is 0 Å². The van der Waals surface area contributed by atoms with Crippen LogP contribution in [0.3, 0.4) is 0 Å². The van der Waals surface area contributed by atoms with Crippen molar-refractivity contribution in [3.05, 3.63) is 47.5 Å². The van der Waals surface area contributed by atoms with Gasteiger partial charge in [-0.3, -0.25) is 4.79 Å². The second-order valence-corrected chi connectivity index (χ2v) is 11.5. The summed E-state index contributed by atoms with van der Waals surface area (Å²) >= 11 is 0. The van der Waals surface area contributed by atoms with Gasteiger partial charge in [0.15, 0.2) is 0 Å². The van der Waals surface area contributed by atoms with Gasteiger partial charge in [0, 0.05) is 13.1 Å². The normalized spacial score (nSPS) is 35.2. The van der Waals surface area contributed by atoms with Gasteiger partial charge < -0.3 is 4.90 Å². The maximum Gasteiger partial charge on any atom is 0.229 e. The quantitative estimate of drug-likeness (QED) is 0.458. The van der Waals surface area contributed by atoms with E-state index in [4.69, 9.17) is 0 Å². The minimum Gasteiger partial charge on any atom is -0.338 e. The molecule has 0 spiro atoms. The van der Waals surface area contributed by atoms with Gasteiger partial charge in [-0.25, -0.2) is 0 Å². The van der Waals surface area contributed by atoms with E-state index < -0.39 is 0 Å². The molecule has 3 aliphatic carbocycles. The molecule has 0 N–H and O–H groups in total. The lowest BCUT2D eigenvalue weighted by molar-refractivity contribution is -0.156.